The predicted octanol–water partition coefficient (Wildman–Crippen LogP) is 3.56. The molecule has 2 aliphatic rings. The molecule has 0 N–H and O–H groups in total. The van der Waals surface area contributed by atoms with Gasteiger partial charge in [-0.1, -0.05) is 11.6 Å². The highest BCUT2D eigenvalue weighted by atomic mass is 35.5. The molecule has 1 unspecified atom stereocenters. The lowest BCUT2D eigenvalue weighted by Crippen LogP contribution is -2.36. The molecule has 2 saturated heterocycles. The van der Waals surface area contributed by atoms with E-state index in [4.69, 9.17) is 11.6 Å². The summed E-state index contributed by atoms with van der Waals surface area (Å²) in [6, 6.07) is 8.88. The number of halogens is 1. The SMILES string of the molecule is Clc1ccc(N2CCCN3CCCC3C2)c2ncccc12. The van der Waals surface area contributed by atoms with E-state index in [2.05, 4.69) is 26.9 Å². The van der Waals surface area contributed by atoms with Crippen molar-refractivity contribution in [2.24, 2.45) is 0 Å². The number of aromatic nitrogens is 1. The third-order valence-electron chi connectivity index (χ3n) is 4.84. The Morgan fingerprint density at radius 1 is 1.10 bits per heavy atom. The highest BCUT2D eigenvalue weighted by molar-refractivity contribution is 6.35. The Morgan fingerprint density at radius 3 is 2.95 bits per heavy atom. The molecule has 4 rings (SSSR count). The molecular formula is C17H20ClN3. The van der Waals surface area contributed by atoms with Crippen molar-refractivity contribution in [1.29, 1.82) is 0 Å². The fourth-order valence-corrected chi connectivity index (χ4v) is 4.02. The first-order valence-corrected chi connectivity index (χ1v) is 8.23. The molecule has 110 valence electrons. The highest BCUT2D eigenvalue weighted by Gasteiger charge is 2.29. The molecule has 2 aliphatic heterocycles. The third-order valence-corrected chi connectivity index (χ3v) is 5.17. The lowest BCUT2D eigenvalue weighted by molar-refractivity contribution is 0.273. The maximum atomic E-state index is 6.32. The van der Waals surface area contributed by atoms with E-state index in [1.807, 2.05) is 18.3 Å². The van der Waals surface area contributed by atoms with Crippen molar-refractivity contribution in [3.63, 3.8) is 0 Å². The van der Waals surface area contributed by atoms with Crippen LogP contribution in [0, 0.1) is 0 Å². The first-order chi connectivity index (χ1) is 10.3. The molecule has 0 bridgehead atoms. The molecule has 2 fully saturated rings. The van der Waals surface area contributed by atoms with Gasteiger partial charge in [-0.05, 0) is 50.1 Å². The van der Waals surface area contributed by atoms with Crippen LogP contribution in [0.15, 0.2) is 30.5 Å². The Kier molecular flexibility index (Phi) is 3.48. The highest BCUT2D eigenvalue weighted by Crippen LogP contribution is 2.32. The van der Waals surface area contributed by atoms with Crippen molar-refractivity contribution in [3.05, 3.63) is 35.5 Å². The minimum absolute atomic E-state index is 0.710. The van der Waals surface area contributed by atoms with Crippen LogP contribution in [0.2, 0.25) is 5.02 Å². The van der Waals surface area contributed by atoms with Crippen LogP contribution >= 0.6 is 11.6 Å². The Morgan fingerprint density at radius 2 is 2.00 bits per heavy atom. The van der Waals surface area contributed by atoms with Gasteiger partial charge in [0.15, 0.2) is 0 Å². The molecule has 3 nitrogen and oxygen atoms in total. The van der Waals surface area contributed by atoms with Crippen LogP contribution in [-0.4, -0.2) is 42.1 Å². The topological polar surface area (TPSA) is 19.4 Å². The standard InChI is InChI=1S/C17H20ClN3/c18-15-6-7-16(17-14(15)5-1-8-19-17)21-11-3-10-20-9-2-4-13(20)12-21/h1,5-8,13H,2-4,9-12H2. The molecule has 0 saturated carbocycles. The second-order valence-electron chi connectivity index (χ2n) is 6.10. The van der Waals surface area contributed by atoms with Crippen LogP contribution in [-0.2, 0) is 0 Å². The van der Waals surface area contributed by atoms with Crippen LogP contribution in [0.3, 0.4) is 0 Å². The van der Waals surface area contributed by atoms with Gasteiger partial charge < -0.3 is 4.90 Å². The monoisotopic (exact) mass is 301 g/mol. The zero-order valence-corrected chi connectivity index (χ0v) is 12.9. The van der Waals surface area contributed by atoms with E-state index < -0.39 is 0 Å². The van der Waals surface area contributed by atoms with Crippen molar-refractivity contribution in [3.8, 4) is 0 Å². The van der Waals surface area contributed by atoms with Crippen LogP contribution < -0.4 is 4.90 Å². The summed E-state index contributed by atoms with van der Waals surface area (Å²) in [6.07, 6.45) is 5.77. The van der Waals surface area contributed by atoms with E-state index in [1.165, 1.54) is 38.0 Å². The van der Waals surface area contributed by atoms with Gasteiger partial charge in [0.1, 0.15) is 0 Å². The molecule has 0 amide bonds. The number of rotatable bonds is 1. The molecular weight excluding hydrogens is 282 g/mol. The Bertz CT molecular complexity index is 658. The van der Waals surface area contributed by atoms with Gasteiger partial charge >= 0.3 is 0 Å². The van der Waals surface area contributed by atoms with Crippen LogP contribution in [0.1, 0.15) is 19.3 Å². The molecule has 0 spiro atoms. The fraction of sp³-hybridized carbons (Fsp3) is 0.471. The normalized spacial score (nSPS) is 23.3. The number of hydrogen-bond acceptors (Lipinski definition) is 3. The number of benzene rings is 1. The minimum Gasteiger partial charge on any atom is -0.368 e. The molecule has 2 aromatic rings. The third kappa shape index (κ3) is 2.39. The van der Waals surface area contributed by atoms with Gasteiger partial charge in [-0.2, -0.15) is 0 Å². The van der Waals surface area contributed by atoms with Gasteiger partial charge in [0.05, 0.1) is 16.2 Å². The molecule has 0 aliphatic carbocycles. The first-order valence-electron chi connectivity index (χ1n) is 7.85. The van der Waals surface area contributed by atoms with Gasteiger partial charge in [0, 0.05) is 37.3 Å². The summed E-state index contributed by atoms with van der Waals surface area (Å²) in [4.78, 5) is 9.77. The van der Waals surface area contributed by atoms with Gasteiger partial charge in [0.2, 0.25) is 0 Å². The number of anilines is 1. The Balaban J connectivity index is 1.74. The van der Waals surface area contributed by atoms with E-state index >= 15 is 0 Å². The van der Waals surface area contributed by atoms with Gasteiger partial charge in [-0.25, -0.2) is 0 Å². The summed E-state index contributed by atoms with van der Waals surface area (Å²) in [7, 11) is 0. The van der Waals surface area contributed by atoms with Crippen molar-refractivity contribution < 1.29 is 0 Å². The fourth-order valence-electron chi connectivity index (χ4n) is 3.80. The maximum Gasteiger partial charge on any atom is 0.0950 e. The second kappa shape index (κ2) is 5.47. The van der Waals surface area contributed by atoms with Gasteiger partial charge in [-0.15, -0.1) is 0 Å². The minimum atomic E-state index is 0.710. The molecule has 21 heavy (non-hydrogen) atoms. The van der Waals surface area contributed by atoms with Crippen molar-refractivity contribution >= 4 is 28.2 Å². The maximum absolute atomic E-state index is 6.32. The lowest BCUT2D eigenvalue weighted by atomic mass is 10.1. The van der Waals surface area contributed by atoms with Gasteiger partial charge in [0.25, 0.3) is 0 Å². The molecule has 1 atom stereocenters. The molecule has 1 aromatic carbocycles. The smallest absolute Gasteiger partial charge is 0.0950 e. The van der Waals surface area contributed by atoms with E-state index in [9.17, 15) is 0 Å². The van der Waals surface area contributed by atoms with Crippen molar-refractivity contribution in [1.82, 2.24) is 9.88 Å². The summed E-state index contributed by atoms with van der Waals surface area (Å²) < 4.78 is 0. The Hall–Kier alpha value is -1.32. The molecule has 1 aromatic heterocycles. The number of fused-ring (bicyclic) bond motifs is 2. The van der Waals surface area contributed by atoms with Gasteiger partial charge in [-0.3, -0.25) is 9.88 Å². The first kappa shape index (κ1) is 13.4. The average molecular weight is 302 g/mol. The summed E-state index contributed by atoms with van der Waals surface area (Å²) in [6.45, 7) is 4.74. The summed E-state index contributed by atoms with van der Waals surface area (Å²) in [5, 5.41) is 1.85. The number of nitrogens with zero attached hydrogens (tertiary/aromatic N) is 3. The van der Waals surface area contributed by atoms with Crippen molar-refractivity contribution in [2.75, 3.05) is 31.1 Å². The van der Waals surface area contributed by atoms with E-state index in [1.54, 1.807) is 0 Å². The Labute approximate surface area is 130 Å². The zero-order valence-electron chi connectivity index (χ0n) is 12.1. The molecule has 3 heterocycles. The molecule has 0 radical (unpaired) electrons. The number of hydrogen-bond donors (Lipinski definition) is 0. The average Bonchev–Trinajstić information content (AvgIpc) is 2.85. The second-order valence-corrected chi connectivity index (χ2v) is 6.50. The quantitative estimate of drug-likeness (QED) is 0.803. The van der Waals surface area contributed by atoms with Crippen LogP contribution in [0.5, 0.6) is 0 Å². The summed E-state index contributed by atoms with van der Waals surface area (Å²) >= 11 is 6.32. The largest absolute Gasteiger partial charge is 0.368 e. The van der Waals surface area contributed by atoms with E-state index in [0.717, 1.165) is 29.0 Å². The lowest BCUT2D eigenvalue weighted by Gasteiger charge is -2.28. The van der Waals surface area contributed by atoms with E-state index in [0.29, 0.717) is 6.04 Å². The van der Waals surface area contributed by atoms with Crippen molar-refractivity contribution in [2.45, 2.75) is 25.3 Å². The number of pyridine rings is 1. The van der Waals surface area contributed by atoms with Crippen LogP contribution in [0.4, 0.5) is 5.69 Å². The van der Waals surface area contributed by atoms with E-state index in [-0.39, 0.29) is 0 Å². The molecule has 4 heteroatoms. The van der Waals surface area contributed by atoms with Crippen LogP contribution in [0.25, 0.3) is 10.9 Å². The predicted molar refractivity (Wildman–Crippen MR) is 88.2 cm³/mol. The zero-order chi connectivity index (χ0) is 14.2. The summed E-state index contributed by atoms with van der Waals surface area (Å²) in [5.41, 5.74) is 2.28. The summed E-state index contributed by atoms with van der Waals surface area (Å²) in [5.74, 6) is 0.